The second-order valence-electron chi connectivity index (χ2n) is 19.1. The van der Waals surface area contributed by atoms with E-state index in [-0.39, 0.29) is 5.41 Å². The van der Waals surface area contributed by atoms with Gasteiger partial charge in [0.1, 0.15) is 11.2 Å². The summed E-state index contributed by atoms with van der Waals surface area (Å²) >= 11 is 1.99. The van der Waals surface area contributed by atoms with Gasteiger partial charge in [0.05, 0.1) is 5.41 Å². The van der Waals surface area contributed by atoms with Gasteiger partial charge in [-0.2, -0.15) is 0 Å². The number of thioether (sulfide) groups is 1. The highest BCUT2D eigenvalue weighted by molar-refractivity contribution is 8.00. The van der Waals surface area contributed by atoms with Crippen LogP contribution in [0.15, 0.2) is 234 Å². The minimum atomic E-state index is -0.436. The van der Waals surface area contributed by atoms with Gasteiger partial charge in [-0.25, -0.2) is 0 Å². The molecule has 2 nitrogen and oxygen atoms in total. The number of anilines is 3. The SMILES string of the molecule is CC1(C)c2ccccc2C2(c3ccccc3-c3ccc(-c4ccc(N(c5ccc(-c6cccc7c6SC6C=CC=CC76)cc5)c5ccc6oc7ccccc7c6c5)cc4)cc32)c2ccccc21. The molecule has 0 N–H and O–H groups in total. The first-order valence-corrected chi connectivity index (χ1v) is 24.4. The molecule has 2 atom stereocenters. The fraction of sp³-hybridized carbons (Fsp3) is 0.0938. The van der Waals surface area contributed by atoms with Crippen molar-refractivity contribution in [2.24, 2.45) is 0 Å². The smallest absolute Gasteiger partial charge is 0.135 e. The van der Waals surface area contributed by atoms with Gasteiger partial charge in [-0.3, -0.25) is 0 Å². The lowest BCUT2D eigenvalue weighted by molar-refractivity contribution is 0.563. The van der Waals surface area contributed by atoms with Gasteiger partial charge in [-0.15, -0.1) is 11.8 Å². The summed E-state index contributed by atoms with van der Waals surface area (Å²) in [5, 5.41) is 2.68. The zero-order valence-corrected chi connectivity index (χ0v) is 38.1. The van der Waals surface area contributed by atoms with Gasteiger partial charge in [0.15, 0.2) is 0 Å². The summed E-state index contributed by atoms with van der Waals surface area (Å²) in [7, 11) is 0. The molecule has 14 rings (SSSR count). The van der Waals surface area contributed by atoms with Crippen LogP contribution in [0.5, 0.6) is 0 Å². The summed E-state index contributed by atoms with van der Waals surface area (Å²) in [6, 6.07) is 74.7. The van der Waals surface area contributed by atoms with Gasteiger partial charge >= 0.3 is 0 Å². The molecule has 1 spiro atoms. The third-order valence-electron chi connectivity index (χ3n) is 15.3. The molecule has 2 unspecified atom stereocenters. The van der Waals surface area contributed by atoms with Crippen molar-refractivity contribution in [2.75, 3.05) is 4.90 Å². The highest BCUT2D eigenvalue weighted by Crippen LogP contribution is 2.62. The first-order valence-electron chi connectivity index (χ1n) is 23.5. The van der Waals surface area contributed by atoms with Crippen LogP contribution in [-0.4, -0.2) is 5.25 Å². The van der Waals surface area contributed by atoms with Gasteiger partial charge in [0.25, 0.3) is 0 Å². The Kier molecular flexibility index (Phi) is 8.34. The third-order valence-corrected chi connectivity index (χ3v) is 16.7. The lowest BCUT2D eigenvalue weighted by atomic mass is 9.55. The van der Waals surface area contributed by atoms with E-state index in [1.165, 1.54) is 77.2 Å². The monoisotopic (exact) mass is 875 g/mol. The molecular formula is C64H45NOS. The predicted octanol–water partition coefficient (Wildman–Crippen LogP) is 17.1. The largest absolute Gasteiger partial charge is 0.456 e. The number of furan rings is 1. The Hall–Kier alpha value is -7.59. The van der Waals surface area contributed by atoms with E-state index < -0.39 is 5.41 Å². The normalized spacial score (nSPS) is 17.5. The summed E-state index contributed by atoms with van der Waals surface area (Å²) in [6.45, 7) is 4.78. The molecule has 0 fully saturated rings. The molecule has 0 saturated carbocycles. The Bertz CT molecular complexity index is 3670. The van der Waals surface area contributed by atoms with E-state index in [1.54, 1.807) is 0 Å². The molecule has 1 aromatic heterocycles. The maximum Gasteiger partial charge on any atom is 0.135 e. The summed E-state index contributed by atoms with van der Waals surface area (Å²) in [5.41, 5.74) is 21.7. The lowest BCUT2D eigenvalue weighted by Crippen LogP contribution is -2.40. The Labute approximate surface area is 395 Å². The predicted molar refractivity (Wildman–Crippen MR) is 279 cm³/mol. The summed E-state index contributed by atoms with van der Waals surface area (Å²) < 4.78 is 6.31. The van der Waals surface area contributed by atoms with Crippen molar-refractivity contribution in [3.63, 3.8) is 0 Å². The van der Waals surface area contributed by atoms with Crippen LogP contribution in [0.1, 0.15) is 58.7 Å². The second kappa shape index (κ2) is 14.5. The number of para-hydroxylation sites is 1. The molecule has 0 radical (unpaired) electrons. The summed E-state index contributed by atoms with van der Waals surface area (Å²) in [5.74, 6) is 0.430. The Balaban J connectivity index is 0.891. The number of hydrogen-bond acceptors (Lipinski definition) is 3. The maximum atomic E-state index is 6.31. The van der Waals surface area contributed by atoms with E-state index in [1.807, 2.05) is 17.8 Å². The Morgan fingerprint density at radius 1 is 0.433 bits per heavy atom. The van der Waals surface area contributed by atoms with E-state index in [4.69, 9.17) is 4.42 Å². The van der Waals surface area contributed by atoms with Gasteiger partial charge in [-0.05, 0) is 127 Å². The Morgan fingerprint density at radius 3 is 1.78 bits per heavy atom. The zero-order valence-electron chi connectivity index (χ0n) is 37.3. The number of hydrogen-bond donors (Lipinski definition) is 0. The molecular weight excluding hydrogens is 831 g/mol. The van der Waals surface area contributed by atoms with Crippen LogP contribution < -0.4 is 4.90 Å². The number of benzene rings is 9. The molecule has 0 saturated heterocycles. The summed E-state index contributed by atoms with van der Waals surface area (Å²) in [4.78, 5) is 3.78. The average molecular weight is 876 g/mol. The zero-order chi connectivity index (χ0) is 44.4. The Morgan fingerprint density at radius 2 is 1.01 bits per heavy atom. The standard InChI is InChI=1S/C64H45NOS/c1-63(2)54-20-7-9-22-56(54)64(57-23-10-8-21-55(57)63)53-19-6-3-14-47(53)48-36-30-42(38-58(48)64)40-26-31-43(32-27-40)65(45-35-37-60-52(39-45)49-15-4-11-24-59(49)66-60)44-33-28-41(29-34-44)46-17-13-18-51-50-16-5-12-25-61(50)67-62(46)51/h3-39,50,61H,1-2H3. The molecule has 9 aromatic carbocycles. The van der Waals surface area contributed by atoms with Crippen molar-refractivity contribution in [1.29, 1.82) is 0 Å². The van der Waals surface area contributed by atoms with Crippen molar-refractivity contribution in [3.05, 3.63) is 263 Å². The van der Waals surface area contributed by atoms with E-state index in [0.717, 1.165) is 39.0 Å². The fourth-order valence-electron chi connectivity index (χ4n) is 12.2. The lowest BCUT2D eigenvalue weighted by Gasteiger charge is -2.46. The molecule has 318 valence electrons. The van der Waals surface area contributed by atoms with Crippen molar-refractivity contribution in [1.82, 2.24) is 0 Å². The van der Waals surface area contributed by atoms with Crippen LogP contribution in [0.2, 0.25) is 0 Å². The van der Waals surface area contributed by atoms with E-state index >= 15 is 0 Å². The maximum absolute atomic E-state index is 6.31. The molecule has 67 heavy (non-hydrogen) atoms. The van der Waals surface area contributed by atoms with Gasteiger partial charge < -0.3 is 9.32 Å². The second-order valence-corrected chi connectivity index (χ2v) is 20.3. The number of allylic oxidation sites excluding steroid dienone is 3. The van der Waals surface area contributed by atoms with Crippen molar-refractivity contribution in [2.45, 2.75) is 40.7 Å². The molecule has 0 bridgehead atoms. The molecule has 3 aliphatic carbocycles. The van der Waals surface area contributed by atoms with Crippen molar-refractivity contribution in [3.8, 4) is 33.4 Å². The van der Waals surface area contributed by atoms with Gasteiger partial charge in [0.2, 0.25) is 0 Å². The van der Waals surface area contributed by atoms with E-state index in [9.17, 15) is 0 Å². The quantitative estimate of drug-likeness (QED) is 0.171. The van der Waals surface area contributed by atoms with Crippen LogP contribution in [0, 0.1) is 0 Å². The first-order chi connectivity index (χ1) is 33.0. The van der Waals surface area contributed by atoms with Crippen LogP contribution >= 0.6 is 11.8 Å². The van der Waals surface area contributed by atoms with Crippen LogP contribution in [0.4, 0.5) is 17.1 Å². The highest BCUT2D eigenvalue weighted by atomic mass is 32.2. The van der Waals surface area contributed by atoms with Crippen molar-refractivity contribution < 1.29 is 4.42 Å². The third kappa shape index (κ3) is 5.53. The van der Waals surface area contributed by atoms with E-state index in [2.05, 4.69) is 237 Å². The van der Waals surface area contributed by atoms with Crippen LogP contribution in [0.25, 0.3) is 55.3 Å². The van der Waals surface area contributed by atoms with E-state index in [0.29, 0.717) is 11.2 Å². The van der Waals surface area contributed by atoms with Crippen molar-refractivity contribution >= 4 is 50.8 Å². The fourth-order valence-corrected chi connectivity index (χ4v) is 13.7. The number of rotatable bonds is 5. The average Bonchev–Trinajstić information content (AvgIpc) is 4.05. The van der Waals surface area contributed by atoms with Crippen LogP contribution in [-0.2, 0) is 10.8 Å². The van der Waals surface area contributed by atoms with Gasteiger partial charge in [0, 0.05) is 49.3 Å². The highest BCUT2D eigenvalue weighted by Gasteiger charge is 2.53. The minimum absolute atomic E-state index is 0.139. The molecule has 1 aliphatic heterocycles. The molecule has 3 heteroatoms. The number of fused-ring (bicyclic) bond motifs is 15. The molecule has 10 aromatic rings. The minimum Gasteiger partial charge on any atom is -0.456 e. The topological polar surface area (TPSA) is 16.4 Å². The molecule has 2 heterocycles. The van der Waals surface area contributed by atoms with Crippen LogP contribution in [0.3, 0.4) is 0 Å². The molecule has 0 amide bonds. The first kappa shape index (κ1) is 38.7. The number of nitrogens with zero attached hydrogens (tertiary/aromatic N) is 1. The molecule has 4 aliphatic rings. The summed E-state index contributed by atoms with van der Waals surface area (Å²) in [6.07, 6.45) is 9.09. The van der Waals surface area contributed by atoms with Gasteiger partial charge in [-0.1, -0.05) is 184 Å².